The highest BCUT2D eigenvalue weighted by molar-refractivity contribution is 6.03. The Kier molecular flexibility index (Phi) is 3.26. The number of allylic oxidation sites excluding steroid dienone is 2. The maximum Gasteiger partial charge on any atom is 0.270 e. The zero-order valence-electron chi connectivity index (χ0n) is 9.42. The minimum Gasteiger partial charge on any atom is -0.504 e. The van der Waals surface area contributed by atoms with E-state index in [1.54, 1.807) is 18.2 Å². The Morgan fingerprint density at radius 2 is 2.00 bits per heavy atom. The first kappa shape index (κ1) is 11.7. The summed E-state index contributed by atoms with van der Waals surface area (Å²) in [6.45, 7) is 0. The number of amides is 1. The van der Waals surface area contributed by atoms with E-state index in [4.69, 9.17) is 5.26 Å². The van der Waals surface area contributed by atoms with Gasteiger partial charge in [0.1, 0.15) is 6.07 Å². The van der Waals surface area contributed by atoms with Crippen LogP contribution in [0.5, 0.6) is 0 Å². The predicted molar refractivity (Wildman–Crippen MR) is 67.0 cm³/mol. The van der Waals surface area contributed by atoms with Crippen LogP contribution in [0.3, 0.4) is 0 Å². The van der Waals surface area contributed by atoms with Crippen LogP contribution in [0.4, 0.5) is 0 Å². The molecule has 0 fully saturated rings. The fraction of sp³-hybridized carbons (Fsp3) is 0. The molecule has 0 bridgehead atoms. The minimum absolute atomic E-state index is 0.240. The number of nitrogens with one attached hydrogen (secondary N) is 1. The van der Waals surface area contributed by atoms with Crippen molar-refractivity contribution in [1.29, 1.82) is 5.26 Å². The summed E-state index contributed by atoms with van der Waals surface area (Å²) in [6, 6.07) is 11.3. The van der Waals surface area contributed by atoms with E-state index >= 15 is 0 Å². The third-order valence-electron chi connectivity index (χ3n) is 2.43. The zero-order chi connectivity index (χ0) is 13.0. The Morgan fingerprint density at radius 3 is 2.61 bits per heavy atom. The first-order valence-electron chi connectivity index (χ1n) is 5.31. The summed E-state index contributed by atoms with van der Waals surface area (Å²) in [7, 11) is 0. The number of hydrogen-bond acceptors (Lipinski definition) is 3. The molecular formula is C14H10N2O2. The number of rotatable bonds is 2. The first-order valence-corrected chi connectivity index (χ1v) is 5.31. The Hall–Kier alpha value is -2.80. The molecule has 2 rings (SSSR count). The van der Waals surface area contributed by atoms with Crippen LogP contribution in [0.1, 0.15) is 5.56 Å². The largest absolute Gasteiger partial charge is 0.504 e. The second-order valence-electron chi connectivity index (χ2n) is 3.64. The third kappa shape index (κ3) is 2.30. The highest BCUT2D eigenvalue weighted by Gasteiger charge is 2.26. The summed E-state index contributed by atoms with van der Waals surface area (Å²) in [5, 5.41) is 20.7. The van der Waals surface area contributed by atoms with Gasteiger partial charge in [-0.05, 0) is 11.6 Å². The van der Waals surface area contributed by atoms with Crippen molar-refractivity contribution in [2.45, 2.75) is 0 Å². The molecule has 0 unspecified atom stereocenters. The van der Waals surface area contributed by atoms with Gasteiger partial charge in [0.25, 0.3) is 5.91 Å². The maximum atomic E-state index is 11.2. The van der Waals surface area contributed by atoms with E-state index in [0.29, 0.717) is 0 Å². The fourth-order valence-corrected chi connectivity index (χ4v) is 1.53. The van der Waals surface area contributed by atoms with Gasteiger partial charge in [-0.3, -0.25) is 4.79 Å². The van der Waals surface area contributed by atoms with Gasteiger partial charge in [0.05, 0.1) is 5.70 Å². The van der Waals surface area contributed by atoms with Gasteiger partial charge < -0.3 is 10.4 Å². The van der Waals surface area contributed by atoms with Crippen LogP contribution in [-0.2, 0) is 4.79 Å². The molecule has 18 heavy (non-hydrogen) atoms. The molecule has 1 aromatic carbocycles. The van der Waals surface area contributed by atoms with Gasteiger partial charge >= 0.3 is 0 Å². The van der Waals surface area contributed by atoms with Crippen molar-refractivity contribution in [2.24, 2.45) is 0 Å². The van der Waals surface area contributed by atoms with Crippen LogP contribution in [0.15, 0.2) is 59.5 Å². The van der Waals surface area contributed by atoms with E-state index in [0.717, 1.165) is 5.56 Å². The molecule has 1 aliphatic heterocycles. The SMILES string of the molecule is N#CC1=C(O)/C(=C\C=C\c2ccccc2)NC1=O. The lowest BCUT2D eigenvalue weighted by Crippen LogP contribution is -2.15. The fourth-order valence-electron chi connectivity index (χ4n) is 1.53. The van der Waals surface area contributed by atoms with Crippen molar-refractivity contribution < 1.29 is 9.90 Å². The van der Waals surface area contributed by atoms with Crippen LogP contribution in [-0.4, -0.2) is 11.0 Å². The van der Waals surface area contributed by atoms with Gasteiger partial charge in [0.15, 0.2) is 11.3 Å². The predicted octanol–water partition coefficient (Wildman–Crippen LogP) is 2.05. The minimum atomic E-state index is -0.575. The number of aliphatic hydroxyl groups is 1. The normalized spacial score (nSPS) is 17.3. The number of aliphatic hydroxyl groups excluding tert-OH is 1. The second kappa shape index (κ2) is 5.02. The van der Waals surface area contributed by atoms with Crippen molar-refractivity contribution in [1.82, 2.24) is 5.32 Å². The lowest BCUT2D eigenvalue weighted by molar-refractivity contribution is -0.115. The summed E-state index contributed by atoms with van der Waals surface area (Å²) in [5.74, 6) is -0.880. The molecular weight excluding hydrogens is 228 g/mol. The second-order valence-corrected chi connectivity index (χ2v) is 3.64. The van der Waals surface area contributed by atoms with Gasteiger partial charge in [0, 0.05) is 0 Å². The molecule has 0 aliphatic carbocycles. The molecule has 0 atom stereocenters. The van der Waals surface area contributed by atoms with E-state index in [1.165, 1.54) is 0 Å². The zero-order valence-corrected chi connectivity index (χ0v) is 9.42. The molecule has 1 amide bonds. The molecule has 88 valence electrons. The highest BCUT2D eigenvalue weighted by atomic mass is 16.3. The Balaban J connectivity index is 2.18. The maximum absolute atomic E-state index is 11.2. The van der Waals surface area contributed by atoms with E-state index in [2.05, 4.69) is 5.32 Å². The summed E-state index contributed by atoms with van der Waals surface area (Å²) in [4.78, 5) is 11.2. The van der Waals surface area contributed by atoms with Gasteiger partial charge in [-0.15, -0.1) is 0 Å². The third-order valence-corrected chi connectivity index (χ3v) is 2.43. The lowest BCUT2D eigenvalue weighted by atomic mass is 10.2. The van der Waals surface area contributed by atoms with Crippen LogP contribution in [0.2, 0.25) is 0 Å². The van der Waals surface area contributed by atoms with Crippen molar-refractivity contribution in [3.05, 3.63) is 65.1 Å². The average Bonchev–Trinajstić information content (AvgIpc) is 2.65. The van der Waals surface area contributed by atoms with Crippen molar-refractivity contribution >= 4 is 12.0 Å². The molecule has 1 aliphatic rings. The van der Waals surface area contributed by atoms with E-state index < -0.39 is 5.91 Å². The number of carbonyl (C=O) groups is 1. The number of nitriles is 1. The molecule has 1 heterocycles. The molecule has 0 saturated heterocycles. The van der Waals surface area contributed by atoms with E-state index in [1.807, 2.05) is 36.4 Å². The molecule has 4 nitrogen and oxygen atoms in total. The van der Waals surface area contributed by atoms with Crippen molar-refractivity contribution in [3.8, 4) is 6.07 Å². The summed E-state index contributed by atoms with van der Waals surface area (Å²) in [6.07, 6.45) is 5.07. The molecule has 4 heteroatoms. The van der Waals surface area contributed by atoms with Crippen LogP contribution >= 0.6 is 0 Å². The van der Waals surface area contributed by atoms with E-state index in [-0.39, 0.29) is 17.0 Å². The number of benzene rings is 1. The molecule has 0 saturated carbocycles. The van der Waals surface area contributed by atoms with Crippen LogP contribution in [0.25, 0.3) is 6.08 Å². The Bertz CT molecular complexity index is 604. The molecule has 0 spiro atoms. The number of nitrogens with zero attached hydrogens (tertiary/aromatic N) is 1. The van der Waals surface area contributed by atoms with Gasteiger partial charge in [-0.1, -0.05) is 42.5 Å². The van der Waals surface area contributed by atoms with Crippen molar-refractivity contribution in [2.75, 3.05) is 0 Å². The highest BCUT2D eigenvalue weighted by Crippen LogP contribution is 2.17. The Morgan fingerprint density at radius 1 is 1.28 bits per heavy atom. The number of carbonyl (C=O) groups excluding carboxylic acids is 1. The smallest absolute Gasteiger partial charge is 0.270 e. The average molecular weight is 238 g/mol. The van der Waals surface area contributed by atoms with Crippen molar-refractivity contribution in [3.63, 3.8) is 0 Å². The van der Waals surface area contributed by atoms with Crippen LogP contribution in [0, 0.1) is 11.3 Å². The molecule has 2 N–H and O–H groups in total. The van der Waals surface area contributed by atoms with Crippen LogP contribution < -0.4 is 5.32 Å². The summed E-state index contributed by atoms with van der Waals surface area (Å²) < 4.78 is 0. The summed E-state index contributed by atoms with van der Waals surface area (Å²) >= 11 is 0. The quantitative estimate of drug-likeness (QED) is 0.828. The summed E-state index contributed by atoms with van der Waals surface area (Å²) in [5.41, 5.74) is 0.987. The molecule has 0 aromatic heterocycles. The topological polar surface area (TPSA) is 73.1 Å². The van der Waals surface area contributed by atoms with Gasteiger partial charge in [-0.2, -0.15) is 5.26 Å². The lowest BCUT2D eigenvalue weighted by Gasteiger charge is -1.95. The molecule has 0 radical (unpaired) electrons. The standard InChI is InChI=1S/C14H10N2O2/c15-9-11-13(17)12(16-14(11)18)8-4-7-10-5-2-1-3-6-10/h1-8,17H,(H,16,18)/b7-4+,12-8+. The first-order chi connectivity index (χ1) is 8.72. The molecule has 1 aromatic rings. The van der Waals surface area contributed by atoms with Gasteiger partial charge in [0.2, 0.25) is 0 Å². The number of hydrogen-bond donors (Lipinski definition) is 2. The Labute approximate surface area is 104 Å². The monoisotopic (exact) mass is 238 g/mol. The van der Waals surface area contributed by atoms with E-state index in [9.17, 15) is 9.90 Å². The van der Waals surface area contributed by atoms with Gasteiger partial charge in [-0.25, -0.2) is 0 Å².